The summed E-state index contributed by atoms with van der Waals surface area (Å²) in [5.41, 5.74) is 6.08. The van der Waals surface area contributed by atoms with Crippen LogP contribution in [0.2, 0.25) is 0 Å². The van der Waals surface area contributed by atoms with E-state index in [0.717, 1.165) is 13.1 Å². The number of hydrogen-bond acceptors (Lipinski definition) is 2. The lowest BCUT2D eigenvalue weighted by atomic mass is 9.71. The highest BCUT2D eigenvalue weighted by molar-refractivity contribution is 5.74. The molecule has 2 aliphatic rings. The molecule has 0 saturated carbocycles. The Balaban J connectivity index is 1.89. The van der Waals surface area contributed by atoms with Crippen molar-refractivity contribution in [3.8, 4) is 0 Å². The quantitative estimate of drug-likeness (QED) is 0.457. The highest BCUT2D eigenvalue weighted by atomic mass is 15.2. The molecule has 0 atom stereocenters. The third-order valence-electron chi connectivity index (χ3n) is 4.21. The lowest BCUT2D eigenvalue weighted by Gasteiger charge is -2.46. The first-order valence-electron chi connectivity index (χ1n) is 5.89. The van der Waals surface area contributed by atoms with Gasteiger partial charge in [0.1, 0.15) is 0 Å². The number of likely N-dealkylation sites (tertiary alicyclic amines) is 2. The Bertz CT molecular complexity index is 233. The van der Waals surface area contributed by atoms with Crippen molar-refractivity contribution in [2.45, 2.75) is 25.7 Å². The van der Waals surface area contributed by atoms with Crippen LogP contribution >= 0.6 is 0 Å². The van der Waals surface area contributed by atoms with Crippen LogP contribution in [0, 0.1) is 10.8 Å². The fourth-order valence-electron chi connectivity index (χ4n) is 2.81. The number of guanidine groups is 1. The van der Waals surface area contributed by atoms with Crippen LogP contribution in [0.4, 0.5) is 0 Å². The van der Waals surface area contributed by atoms with Crippen molar-refractivity contribution in [1.82, 2.24) is 9.80 Å². The van der Waals surface area contributed by atoms with Crippen molar-refractivity contribution in [3.05, 3.63) is 0 Å². The van der Waals surface area contributed by atoms with Crippen molar-refractivity contribution < 1.29 is 0 Å². The Labute approximate surface area is 91.9 Å². The third-order valence-corrected chi connectivity index (χ3v) is 4.21. The van der Waals surface area contributed by atoms with E-state index in [1.165, 1.54) is 38.8 Å². The average Bonchev–Trinajstić information content (AvgIpc) is 2.24. The monoisotopic (exact) mass is 210 g/mol. The zero-order chi connectivity index (χ0) is 10.9. The summed E-state index contributed by atoms with van der Waals surface area (Å²) < 4.78 is 0. The van der Waals surface area contributed by atoms with Gasteiger partial charge in [-0.2, -0.15) is 0 Å². The second kappa shape index (κ2) is 4.00. The molecule has 1 spiro atoms. The second-order valence-corrected chi connectivity index (χ2v) is 5.18. The van der Waals surface area contributed by atoms with Gasteiger partial charge in [-0.05, 0) is 51.2 Å². The minimum absolute atomic E-state index is 0.248. The molecule has 2 rings (SSSR count). The average molecular weight is 210 g/mol. The minimum Gasteiger partial charge on any atom is -0.370 e. The molecule has 0 radical (unpaired) electrons. The maximum absolute atomic E-state index is 7.42. The molecular weight excluding hydrogens is 188 g/mol. The Kier molecular flexibility index (Phi) is 2.87. The first-order chi connectivity index (χ1) is 7.11. The zero-order valence-electron chi connectivity index (χ0n) is 9.63. The maximum Gasteiger partial charge on any atom is 0.188 e. The number of piperidine rings is 2. The van der Waals surface area contributed by atoms with Gasteiger partial charge in [-0.3, -0.25) is 5.41 Å². The van der Waals surface area contributed by atoms with Crippen LogP contribution in [0.1, 0.15) is 25.7 Å². The van der Waals surface area contributed by atoms with E-state index in [9.17, 15) is 0 Å². The van der Waals surface area contributed by atoms with Gasteiger partial charge in [0, 0.05) is 13.1 Å². The largest absolute Gasteiger partial charge is 0.370 e. The summed E-state index contributed by atoms with van der Waals surface area (Å²) in [7, 11) is 2.21. The zero-order valence-corrected chi connectivity index (χ0v) is 9.63. The van der Waals surface area contributed by atoms with Crippen LogP contribution in [-0.4, -0.2) is 49.0 Å². The molecule has 2 aliphatic heterocycles. The number of hydrogen-bond donors (Lipinski definition) is 2. The van der Waals surface area contributed by atoms with E-state index in [-0.39, 0.29) is 5.96 Å². The van der Waals surface area contributed by atoms with Gasteiger partial charge in [0.25, 0.3) is 0 Å². The molecule has 2 saturated heterocycles. The molecule has 4 heteroatoms. The molecule has 2 heterocycles. The standard InChI is InChI=1S/C11H22N4/c1-14-6-2-11(3-7-14)4-8-15(9-5-11)10(12)13/h2-9H2,1H3,(H3,12,13). The van der Waals surface area contributed by atoms with Crippen molar-refractivity contribution in [2.24, 2.45) is 11.1 Å². The van der Waals surface area contributed by atoms with E-state index >= 15 is 0 Å². The van der Waals surface area contributed by atoms with E-state index < -0.39 is 0 Å². The van der Waals surface area contributed by atoms with E-state index in [0.29, 0.717) is 5.41 Å². The Hall–Kier alpha value is -0.770. The summed E-state index contributed by atoms with van der Waals surface area (Å²) in [5.74, 6) is 0.248. The Morgan fingerprint density at radius 3 is 2.00 bits per heavy atom. The third kappa shape index (κ3) is 2.25. The molecular formula is C11H22N4. The van der Waals surface area contributed by atoms with Crippen molar-refractivity contribution in [1.29, 1.82) is 5.41 Å². The fraction of sp³-hybridized carbons (Fsp3) is 0.909. The van der Waals surface area contributed by atoms with Crippen molar-refractivity contribution >= 4 is 5.96 Å². The van der Waals surface area contributed by atoms with Gasteiger partial charge in [-0.1, -0.05) is 0 Å². The molecule has 4 nitrogen and oxygen atoms in total. The normalized spacial score (nSPS) is 26.9. The van der Waals surface area contributed by atoms with Gasteiger partial charge >= 0.3 is 0 Å². The summed E-state index contributed by atoms with van der Waals surface area (Å²) in [6.07, 6.45) is 5.10. The predicted octanol–water partition coefficient (Wildman–Crippen LogP) is 0.688. The van der Waals surface area contributed by atoms with Crippen LogP contribution in [0.15, 0.2) is 0 Å². The molecule has 15 heavy (non-hydrogen) atoms. The summed E-state index contributed by atoms with van der Waals surface area (Å²) in [5, 5.41) is 7.42. The fourth-order valence-corrected chi connectivity index (χ4v) is 2.81. The summed E-state index contributed by atoms with van der Waals surface area (Å²) in [4.78, 5) is 4.42. The van der Waals surface area contributed by atoms with Crippen molar-refractivity contribution in [2.75, 3.05) is 33.2 Å². The van der Waals surface area contributed by atoms with Crippen LogP contribution in [-0.2, 0) is 0 Å². The number of rotatable bonds is 0. The van der Waals surface area contributed by atoms with Gasteiger partial charge in [0.15, 0.2) is 5.96 Å². The highest BCUT2D eigenvalue weighted by Crippen LogP contribution is 2.40. The molecule has 0 bridgehead atoms. The van der Waals surface area contributed by atoms with Crippen LogP contribution < -0.4 is 5.73 Å². The molecule has 0 unspecified atom stereocenters. The molecule has 0 aromatic carbocycles. The molecule has 0 aromatic rings. The van der Waals surface area contributed by atoms with Gasteiger partial charge in [0.2, 0.25) is 0 Å². The number of nitrogens with zero attached hydrogens (tertiary/aromatic N) is 2. The van der Waals surface area contributed by atoms with Crippen LogP contribution in [0.5, 0.6) is 0 Å². The van der Waals surface area contributed by atoms with Gasteiger partial charge in [-0.25, -0.2) is 0 Å². The first kappa shape index (κ1) is 10.7. The SMILES string of the molecule is CN1CCC2(CC1)CCN(C(=N)N)CC2. The van der Waals surface area contributed by atoms with Crippen LogP contribution in [0.3, 0.4) is 0 Å². The summed E-state index contributed by atoms with van der Waals surface area (Å²) in [6.45, 7) is 4.44. The topological polar surface area (TPSA) is 56.4 Å². The minimum atomic E-state index is 0.248. The van der Waals surface area contributed by atoms with Crippen LogP contribution in [0.25, 0.3) is 0 Å². The molecule has 0 amide bonds. The summed E-state index contributed by atoms with van der Waals surface area (Å²) in [6, 6.07) is 0. The Morgan fingerprint density at radius 1 is 1.07 bits per heavy atom. The number of nitrogens with two attached hydrogens (primary N) is 1. The van der Waals surface area contributed by atoms with E-state index in [1.54, 1.807) is 0 Å². The molecule has 3 N–H and O–H groups in total. The summed E-state index contributed by atoms with van der Waals surface area (Å²) >= 11 is 0. The van der Waals surface area contributed by atoms with E-state index in [2.05, 4.69) is 11.9 Å². The van der Waals surface area contributed by atoms with E-state index in [1.807, 2.05) is 4.90 Å². The molecule has 2 fully saturated rings. The second-order valence-electron chi connectivity index (χ2n) is 5.18. The smallest absolute Gasteiger partial charge is 0.188 e. The predicted molar refractivity (Wildman–Crippen MR) is 61.9 cm³/mol. The van der Waals surface area contributed by atoms with Gasteiger partial charge in [0.05, 0.1) is 0 Å². The maximum atomic E-state index is 7.42. The van der Waals surface area contributed by atoms with Gasteiger partial charge < -0.3 is 15.5 Å². The van der Waals surface area contributed by atoms with Crippen molar-refractivity contribution in [3.63, 3.8) is 0 Å². The first-order valence-corrected chi connectivity index (χ1v) is 5.89. The van der Waals surface area contributed by atoms with E-state index in [4.69, 9.17) is 11.1 Å². The molecule has 0 aliphatic carbocycles. The Morgan fingerprint density at radius 2 is 1.53 bits per heavy atom. The van der Waals surface area contributed by atoms with Gasteiger partial charge in [-0.15, -0.1) is 0 Å². The highest BCUT2D eigenvalue weighted by Gasteiger charge is 2.36. The lowest BCUT2D eigenvalue weighted by Crippen LogP contribution is -2.49. The molecule has 0 aromatic heterocycles. The lowest BCUT2D eigenvalue weighted by molar-refractivity contribution is 0.0632. The molecule has 86 valence electrons. The number of nitrogens with one attached hydrogen (secondary N) is 1.